The predicted molar refractivity (Wildman–Crippen MR) is 103 cm³/mol. The maximum absolute atomic E-state index is 12.0. The summed E-state index contributed by atoms with van der Waals surface area (Å²) in [4.78, 5) is 23.9. The highest BCUT2D eigenvalue weighted by Crippen LogP contribution is 2.32. The fourth-order valence-electron chi connectivity index (χ4n) is 2.73. The van der Waals surface area contributed by atoms with E-state index < -0.39 is 18.5 Å². The molecule has 28 heavy (non-hydrogen) atoms. The normalized spacial score (nSPS) is 12.4. The van der Waals surface area contributed by atoms with Crippen LogP contribution in [0.3, 0.4) is 0 Å². The topological polar surface area (TPSA) is 83.1 Å². The molecule has 3 rings (SSSR count). The molecule has 0 saturated carbocycles. The number of ether oxygens (including phenoxy) is 4. The predicted octanol–water partition coefficient (Wildman–Crippen LogP) is 3.14. The van der Waals surface area contributed by atoms with Gasteiger partial charge in [-0.25, -0.2) is 4.79 Å². The third kappa shape index (κ3) is 5.16. The third-order valence-electron chi connectivity index (χ3n) is 4.08. The van der Waals surface area contributed by atoms with Gasteiger partial charge in [-0.1, -0.05) is 32.0 Å². The summed E-state index contributed by atoms with van der Waals surface area (Å²) in [6, 6.07) is 12.6. The molecule has 0 aromatic heterocycles. The van der Waals surface area contributed by atoms with Gasteiger partial charge in [-0.15, -0.1) is 0 Å². The fraction of sp³-hybridized carbons (Fsp3) is 0.333. The average molecular weight is 385 g/mol. The lowest BCUT2D eigenvalue weighted by Gasteiger charge is -2.19. The van der Waals surface area contributed by atoms with E-state index >= 15 is 0 Å². The SMILES string of the molecule is CC(C)c1ccccc1OCC(=O)OCC(=O)Nc1ccc2c(c1)OCCO2. The molecule has 1 heterocycles. The van der Waals surface area contributed by atoms with Crippen LogP contribution in [0.1, 0.15) is 25.3 Å². The summed E-state index contributed by atoms with van der Waals surface area (Å²) in [5, 5.41) is 2.65. The van der Waals surface area contributed by atoms with Gasteiger partial charge in [0.05, 0.1) is 0 Å². The molecule has 0 fully saturated rings. The fourth-order valence-corrected chi connectivity index (χ4v) is 2.73. The van der Waals surface area contributed by atoms with E-state index in [2.05, 4.69) is 5.32 Å². The zero-order chi connectivity index (χ0) is 19.9. The van der Waals surface area contributed by atoms with Crippen LogP contribution in [0.5, 0.6) is 17.2 Å². The van der Waals surface area contributed by atoms with Crippen molar-refractivity contribution in [2.24, 2.45) is 0 Å². The molecule has 1 aliphatic heterocycles. The highest BCUT2D eigenvalue weighted by atomic mass is 16.6. The minimum absolute atomic E-state index is 0.263. The van der Waals surface area contributed by atoms with Crippen molar-refractivity contribution in [3.05, 3.63) is 48.0 Å². The van der Waals surface area contributed by atoms with Crippen LogP contribution < -0.4 is 19.5 Å². The maximum Gasteiger partial charge on any atom is 0.344 e. The molecule has 2 aromatic rings. The Hall–Kier alpha value is -3.22. The number of amides is 1. The van der Waals surface area contributed by atoms with Crippen LogP contribution in [-0.2, 0) is 14.3 Å². The lowest BCUT2D eigenvalue weighted by molar-refractivity contribution is -0.149. The molecule has 148 valence electrons. The largest absolute Gasteiger partial charge is 0.486 e. The number of hydrogen-bond donors (Lipinski definition) is 1. The molecule has 0 atom stereocenters. The Morgan fingerprint density at radius 3 is 2.57 bits per heavy atom. The summed E-state index contributed by atoms with van der Waals surface area (Å²) in [6.45, 7) is 4.38. The lowest BCUT2D eigenvalue weighted by Crippen LogP contribution is -2.24. The number of para-hydroxylation sites is 1. The quantitative estimate of drug-likeness (QED) is 0.738. The van der Waals surface area contributed by atoms with E-state index in [1.165, 1.54) is 0 Å². The van der Waals surface area contributed by atoms with E-state index in [0.29, 0.717) is 36.1 Å². The summed E-state index contributed by atoms with van der Waals surface area (Å²) >= 11 is 0. The number of fused-ring (bicyclic) bond motifs is 1. The maximum atomic E-state index is 12.0. The van der Waals surface area contributed by atoms with Crippen molar-refractivity contribution in [1.29, 1.82) is 0 Å². The van der Waals surface area contributed by atoms with Crippen LogP contribution in [0.15, 0.2) is 42.5 Å². The minimum atomic E-state index is -0.615. The summed E-state index contributed by atoms with van der Waals surface area (Å²) in [5.41, 5.74) is 1.54. The first-order chi connectivity index (χ1) is 13.5. The van der Waals surface area contributed by atoms with Gasteiger partial charge < -0.3 is 24.3 Å². The van der Waals surface area contributed by atoms with Crippen LogP contribution >= 0.6 is 0 Å². The van der Waals surface area contributed by atoms with Gasteiger partial charge in [-0.05, 0) is 29.7 Å². The van der Waals surface area contributed by atoms with E-state index in [4.69, 9.17) is 18.9 Å². The second-order valence-corrected chi connectivity index (χ2v) is 6.55. The molecule has 1 aliphatic rings. The van der Waals surface area contributed by atoms with E-state index in [0.717, 1.165) is 5.56 Å². The number of anilines is 1. The van der Waals surface area contributed by atoms with Gasteiger partial charge >= 0.3 is 5.97 Å². The van der Waals surface area contributed by atoms with Gasteiger partial charge in [0, 0.05) is 11.8 Å². The van der Waals surface area contributed by atoms with Crippen molar-refractivity contribution < 1.29 is 28.5 Å². The van der Waals surface area contributed by atoms with Crippen LogP contribution in [0, 0.1) is 0 Å². The standard InChI is InChI=1S/C21H23NO6/c1-14(2)16-5-3-4-6-17(16)27-13-21(24)28-12-20(23)22-15-7-8-18-19(11-15)26-10-9-25-18/h3-8,11,14H,9-10,12-13H2,1-2H3,(H,22,23). The second-order valence-electron chi connectivity index (χ2n) is 6.55. The van der Waals surface area contributed by atoms with Crippen LogP contribution in [0.2, 0.25) is 0 Å². The van der Waals surface area contributed by atoms with Crippen molar-refractivity contribution >= 4 is 17.6 Å². The number of rotatable bonds is 7. The Labute approximate surface area is 163 Å². The molecule has 0 saturated heterocycles. The van der Waals surface area contributed by atoms with Crippen molar-refractivity contribution in [1.82, 2.24) is 0 Å². The van der Waals surface area contributed by atoms with Crippen molar-refractivity contribution in [3.8, 4) is 17.2 Å². The summed E-state index contributed by atoms with van der Waals surface area (Å²) in [5.74, 6) is 1.04. The number of nitrogens with one attached hydrogen (secondary N) is 1. The van der Waals surface area contributed by atoms with Gasteiger partial charge in [0.2, 0.25) is 0 Å². The smallest absolute Gasteiger partial charge is 0.344 e. The molecule has 1 amide bonds. The number of hydrogen-bond acceptors (Lipinski definition) is 6. The van der Waals surface area contributed by atoms with E-state index in [9.17, 15) is 9.59 Å². The first kappa shape index (κ1) is 19.5. The van der Waals surface area contributed by atoms with E-state index in [-0.39, 0.29) is 12.5 Å². The molecule has 7 nitrogen and oxygen atoms in total. The third-order valence-corrected chi connectivity index (χ3v) is 4.08. The molecular weight excluding hydrogens is 362 g/mol. The first-order valence-electron chi connectivity index (χ1n) is 9.10. The molecule has 1 N–H and O–H groups in total. The molecular formula is C21H23NO6. The summed E-state index contributed by atoms with van der Waals surface area (Å²) in [6.07, 6.45) is 0. The monoisotopic (exact) mass is 385 g/mol. The van der Waals surface area contributed by atoms with Gasteiger partial charge in [-0.3, -0.25) is 4.79 Å². The zero-order valence-electron chi connectivity index (χ0n) is 15.9. The molecule has 7 heteroatoms. The van der Waals surface area contributed by atoms with Gasteiger partial charge in [-0.2, -0.15) is 0 Å². The molecule has 0 unspecified atom stereocenters. The van der Waals surface area contributed by atoms with Crippen molar-refractivity contribution in [3.63, 3.8) is 0 Å². The molecule has 2 aromatic carbocycles. The van der Waals surface area contributed by atoms with Crippen LogP contribution in [-0.4, -0.2) is 38.3 Å². The second kappa shape index (κ2) is 9.12. The Balaban J connectivity index is 1.45. The van der Waals surface area contributed by atoms with Gasteiger partial charge in [0.15, 0.2) is 24.7 Å². The summed E-state index contributed by atoms with van der Waals surface area (Å²) in [7, 11) is 0. The Bertz CT molecular complexity index is 849. The highest BCUT2D eigenvalue weighted by molar-refractivity contribution is 5.93. The van der Waals surface area contributed by atoms with Crippen LogP contribution in [0.25, 0.3) is 0 Å². The molecule has 0 bridgehead atoms. The number of benzene rings is 2. The minimum Gasteiger partial charge on any atom is -0.486 e. The van der Waals surface area contributed by atoms with Gasteiger partial charge in [0.25, 0.3) is 5.91 Å². The number of esters is 1. The van der Waals surface area contributed by atoms with E-state index in [1.807, 2.05) is 32.0 Å². The van der Waals surface area contributed by atoms with Crippen molar-refractivity contribution in [2.45, 2.75) is 19.8 Å². The van der Waals surface area contributed by atoms with Gasteiger partial charge in [0.1, 0.15) is 19.0 Å². The first-order valence-corrected chi connectivity index (χ1v) is 9.10. The molecule has 0 radical (unpaired) electrons. The Morgan fingerprint density at radius 2 is 1.79 bits per heavy atom. The lowest BCUT2D eigenvalue weighted by atomic mass is 10.0. The highest BCUT2D eigenvalue weighted by Gasteiger charge is 2.14. The number of carbonyl (C=O) groups is 2. The van der Waals surface area contributed by atoms with Crippen molar-refractivity contribution in [2.75, 3.05) is 31.7 Å². The Kier molecular flexibility index (Phi) is 6.37. The average Bonchev–Trinajstić information content (AvgIpc) is 2.70. The zero-order valence-corrected chi connectivity index (χ0v) is 15.9. The molecule has 0 aliphatic carbocycles. The van der Waals surface area contributed by atoms with Crippen LogP contribution in [0.4, 0.5) is 5.69 Å². The number of carbonyl (C=O) groups excluding carboxylic acids is 2. The molecule has 0 spiro atoms. The summed E-state index contributed by atoms with van der Waals surface area (Å²) < 4.78 is 21.4. The Morgan fingerprint density at radius 1 is 1.04 bits per heavy atom. The van der Waals surface area contributed by atoms with E-state index in [1.54, 1.807) is 24.3 Å².